The Morgan fingerprint density at radius 2 is 1.18 bits per heavy atom. The van der Waals surface area contributed by atoms with E-state index in [1.807, 2.05) is 116 Å². The molecule has 0 unspecified atom stereocenters. The molecule has 0 spiro atoms. The predicted octanol–water partition coefficient (Wildman–Crippen LogP) is 7.55. The summed E-state index contributed by atoms with van der Waals surface area (Å²) in [4.78, 5) is 26.3. The zero-order valence-corrected chi connectivity index (χ0v) is 31.9. The molecule has 7 nitrogen and oxygen atoms in total. The van der Waals surface area contributed by atoms with E-state index in [2.05, 4.69) is 52.8 Å². The monoisotopic (exact) mass is 867 g/mol. The zero-order chi connectivity index (χ0) is 33.7. The van der Waals surface area contributed by atoms with Crippen LogP contribution in [-0.2, 0) is 16.9 Å². The van der Waals surface area contributed by atoms with E-state index in [1.165, 1.54) is 11.8 Å². The van der Waals surface area contributed by atoms with Crippen molar-refractivity contribution >= 4 is 19.4 Å². The molecular weight excluding hydrogens is 831 g/mol. The van der Waals surface area contributed by atoms with Gasteiger partial charge in [0.15, 0.2) is 17.4 Å². The average molecular weight is 868 g/mol. The first kappa shape index (κ1) is 35.7. The predicted molar refractivity (Wildman–Crippen MR) is 189 cm³/mol. The van der Waals surface area contributed by atoms with Crippen molar-refractivity contribution in [1.82, 2.24) is 25.1 Å². The summed E-state index contributed by atoms with van der Waals surface area (Å²) in [6, 6.07) is 46.3. The van der Waals surface area contributed by atoms with E-state index in [-0.39, 0.29) is 49.4 Å². The largest absolute Gasteiger partial charge is 0.338 e. The number of amides is 1. The molecular formula is C40H36BN5O2U. The van der Waals surface area contributed by atoms with Gasteiger partial charge in [-0.15, -0.1) is 5.10 Å². The van der Waals surface area contributed by atoms with Crippen molar-refractivity contribution in [3.05, 3.63) is 162 Å². The molecule has 0 aliphatic carbocycles. The zero-order valence-electron chi connectivity index (χ0n) is 27.8. The Bertz CT molecular complexity index is 1910. The fraction of sp³-hybridized carbons (Fsp3) is 0.175. The Balaban J connectivity index is 0.00000468. The van der Waals surface area contributed by atoms with Gasteiger partial charge in [0.05, 0.1) is 6.04 Å². The average Bonchev–Trinajstić information content (AvgIpc) is 3.60. The molecule has 9 heteroatoms. The van der Waals surface area contributed by atoms with Crippen LogP contribution in [0.25, 0.3) is 22.5 Å². The third kappa shape index (κ3) is 7.10. The Kier molecular flexibility index (Phi) is 11.5. The minimum Gasteiger partial charge on any atom is -0.338 e. The van der Waals surface area contributed by atoms with Crippen LogP contribution in [-0.4, -0.2) is 50.6 Å². The number of ketones is 1. The normalized spacial score (nSPS) is 11.8. The molecule has 6 aromatic rings. The minimum atomic E-state index is -0.887. The summed E-state index contributed by atoms with van der Waals surface area (Å²) in [5, 5.41) is 13.6. The molecule has 49 heavy (non-hydrogen) atoms. The van der Waals surface area contributed by atoms with E-state index in [9.17, 15) is 9.59 Å². The standard InChI is InChI=1S/C40H36BN5O2.U/c1-28(2)37(29(3)47)45(39(41)48)27-30-23-25-31(26-24-30)35-21-13-14-22-36(35)38-42-43-44-46(38)40(32-15-7-4-8-16-32,33-17-9-5-10-18-33)34-19-11-6-12-20-34;/h4-26,28,37H,27H2,1-3H3;/t37-;/m0./s1. The van der Waals surface area contributed by atoms with Gasteiger partial charge in [0.1, 0.15) is 5.54 Å². The molecule has 0 fully saturated rings. The van der Waals surface area contributed by atoms with Crippen molar-refractivity contribution in [2.75, 3.05) is 0 Å². The number of nitrogens with zero attached hydrogens (tertiary/aromatic N) is 5. The summed E-state index contributed by atoms with van der Waals surface area (Å²) >= 11 is 0. The van der Waals surface area contributed by atoms with Crippen molar-refractivity contribution < 1.29 is 40.7 Å². The maximum Gasteiger partial charge on any atom is 0.200 e. The van der Waals surface area contributed by atoms with Gasteiger partial charge in [-0.25, -0.2) is 4.68 Å². The number of carbonyl (C=O) groups excluding carboxylic acids is 2. The summed E-state index contributed by atoms with van der Waals surface area (Å²) in [5.74, 6) is -0.178. The number of carbonyl (C=O) groups is 2. The van der Waals surface area contributed by atoms with Crippen LogP contribution in [0.3, 0.4) is 0 Å². The Hall–Kier alpha value is -4.57. The van der Waals surface area contributed by atoms with Crippen LogP contribution < -0.4 is 0 Å². The maximum atomic E-state index is 12.4. The van der Waals surface area contributed by atoms with Crippen LogP contribution in [0.1, 0.15) is 43.0 Å². The third-order valence-corrected chi connectivity index (χ3v) is 8.81. The van der Waals surface area contributed by atoms with Crippen LogP contribution in [0.2, 0.25) is 0 Å². The van der Waals surface area contributed by atoms with Crippen LogP contribution >= 0.6 is 0 Å². The van der Waals surface area contributed by atoms with Gasteiger partial charge < -0.3 is 4.90 Å². The van der Waals surface area contributed by atoms with Crippen LogP contribution in [0.15, 0.2) is 140 Å². The van der Waals surface area contributed by atoms with Crippen molar-refractivity contribution in [2.45, 2.75) is 38.9 Å². The smallest absolute Gasteiger partial charge is 0.200 e. The number of Topliss-reactive ketones (excluding diaryl/α,β-unsaturated/α-hetero) is 1. The Labute approximate surface area is 312 Å². The molecule has 2 radical (unpaired) electrons. The molecule has 0 saturated heterocycles. The molecule has 1 atom stereocenters. The van der Waals surface area contributed by atoms with Crippen molar-refractivity contribution in [1.29, 1.82) is 0 Å². The summed E-state index contributed by atoms with van der Waals surface area (Å²) in [6.45, 7) is 5.55. The molecule has 0 aliphatic heterocycles. The first-order valence-corrected chi connectivity index (χ1v) is 16.0. The molecule has 1 amide bonds. The Morgan fingerprint density at radius 1 is 0.714 bits per heavy atom. The van der Waals surface area contributed by atoms with Crippen LogP contribution in [0.5, 0.6) is 0 Å². The van der Waals surface area contributed by atoms with E-state index >= 15 is 0 Å². The summed E-state index contributed by atoms with van der Waals surface area (Å²) < 4.78 is 1.93. The number of hydrogen-bond acceptors (Lipinski definition) is 5. The summed E-state index contributed by atoms with van der Waals surface area (Å²) in [7, 11) is 5.75. The fourth-order valence-corrected chi connectivity index (χ4v) is 6.76. The van der Waals surface area contributed by atoms with E-state index in [0.29, 0.717) is 5.82 Å². The second-order valence-electron chi connectivity index (χ2n) is 12.2. The molecule has 1 aromatic heterocycles. The van der Waals surface area contributed by atoms with Crippen LogP contribution in [0.4, 0.5) is 4.79 Å². The third-order valence-electron chi connectivity index (χ3n) is 8.81. The van der Waals surface area contributed by atoms with Gasteiger partial charge in [-0.3, -0.25) is 9.59 Å². The van der Waals surface area contributed by atoms with E-state index < -0.39 is 17.4 Å². The molecule has 5 aromatic carbocycles. The maximum absolute atomic E-state index is 12.4. The van der Waals surface area contributed by atoms with Gasteiger partial charge in [0, 0.05) is 43.2 Å². The SMILES string of the molecule is [B]C(=O)N(Cc1ccc(-c2ccccc2-c2nnnn2C(c2ccccc2)(c2ccccc2)c2ccccc2)cc1)[C@H](C(C)=O)C(C)C.[U]. The van der Waals surface area contributed by atoms with Gasteiger partial charge in [0.25, 0.3) is 0 Å². The van der Waals surface area contributed by atoms with Crippen molar-refractivity contribution in [2.24, 2.45) is 5.92 Å². The van der Waals surface area contributed by atoms with Gasteiger partial charge in [-0.05, 0) is 56.6 Å². The quantitative estimate of drug-likeness (QED) is 0.0994. The number of benzene rings is 5. The number of hydrogen-bond donors (Lipinski definition) is 0. The van der Waals surface area contributed by atoms with E-state index in [0.717, 1.165) is 38.9 Å². The molecule has 1 heterocycles. The van der Waals surface area contributed by atoms with Crippen LogP contribution in [0, 0.1) is 37.0 Å². The fourth-order valence-electron chi connectivity index (χ4n) is 6.76. The topological polar surface area (TPSA) is 81.0 Å². The first-order valence-electron chi connectivity index (χ1n) is 16.0. The first-order chi connectivity index (χ1) is 23.3. The molecule has 0 bridgehead atoms. The minimum absolute atomic E-state index is 0. The Morgan fingerprint density at radius 3 is 1.63 bits per heavy atom. The van der Waals surface area contributed by atoms with E-state index in [4.69, 9.17) is 13.1 Å². The molecule has 0 aliphatic rings. The second kappa shape index (κ2) is 15.8. The summed E-state index contributed by atoms with van der Waals surface area (Å²) in [6.07, 6.45) is 0. The second-order valence-corrected chi connectivity index (χ2v) is 12.2. The number of rotatable bonds is 11. The number of tetrazole rings is 1. The molecule has 6 rings (SSSR count). The summed E-state index contributed by atoms with van der Waals surface area (Å²) in [5.41, 5.74) is 5.78. The van der Waals surface area contributed by atoms with Gasteiger partial charge in [-0.2, -0.15) is 0 Å². The van der Waals surface area contributed by atoms with Gasteiger partial charge >= 0.3 is 0 Å². The van der Waals surface area contributed by atoms with Gasteiger partial charge in [0.2, 0.25) is 7.85 Å². The van der Waals surface area contributed by atoms with E-state index in [1.54, 1.807) is 0 Å². The molecule has 0 N–H and O–H groups in total. The number of aromatic nitrogens is 4. The van der Waals surface area contributed by atoms with Crippen molar-refractivity contribution in [3.8, 4) is 22.5 Å². The molecule has 0 saturated carbocycles. The molecule has 240 valence electrons. The van der Waals surface area contributed by atoms with Crippen molar-refractivity contribution in [3.63, 3.8) is 0 Å². The van der Waals surface area contributed by atoms with Gasteiger partial charge in [-0.1, -0.05) is 153 Å².